The van der Waals surface area contributed by atoms with Gasteiger partial charge in [0.05, 0.1) is 6.10 Å². The fourth-order valence-corrected chi connectivity index (χ4v) is 2.19. The Morgan fingerprint density at radius 3 is 2.64 bits per heavy atom. The van der Waals surface area contributed by atoms with Crippen LogP contribution in [0.25, 0.3) is 0 Å². The Kier molecular flexibility index (Phi) is 5.93. The van der Waals surface area contributed by atoms with Gasteiger partial charge in [0, 0.05) is 0 Å². The molecule has 14 heavy (non-hydrogen) atoms. The van der Waals surface area contributed by atoms with Gasteiger partial charge in [0.1, 0.15) is 0 Å². The Labute approximate surface area is 88.2 Å². The molecular formula is C13H24O. The molecule has 0 aromatic carbocycles. The molecule has 1 rings (SSSR count). The predicted octanol–water partition coefficient (Wildman–Crippen LogP) is 3.67. The summed E-state index contributed by atoms with van der Waals surface area (Å²) in [6, 6.07) is 0. The highest BCUT2D eigenvalue weighted by molar-refractivity contribution is 4.92. The standard InChI is InChI=1S/C13H24O/c1-2-3-4-8-11-13(14)12-9-6-5-7-10-12/h8,11-14H,2-7,9-10H2,1H3/b11-8+/t13-/m0/s1. The van der Waals surface area contributed by atoms with Gasteiger partial charge in [0.15, 0.2) is 0 Å². The summed E-state index contributed by atoms with van der Waals surface area (Å²) in [5, 5.41) is 9.89. The number of hydrogen-bond donors (Lipinski definition) is 1. The van der Waals surface area contributed by atoms with Crippen LogP contribution < -0.4 is 0 Å². The van der Waals surface area contributed by atoms with Gasteiger partial charge in [-0.1, -0.05) is 51.2 Å². The molecule has 1 aliphatic carbocycles. The minimum absolute atomic E-state index is 0.174. The third kappa shape index (κ3) is 4.28. The van der Waals surface area contributed by atoms with Crippen molar-refractivity contribution in [2.45, 2.75) is 64.4 Å². The summed E-state index contributed by atoms with van der Waals surface area (Å²) in [7, 11) is 0. The molecule has 0 aliphatic heterocycles. The third-order valence-electron chi connectivity index (χ3n) is 3.19. The number of allylic oxidation sites excluding steroid dienone is 1. The zero-order chi connectivity index (χ0) is 10.2. The lowest BCUT2D eigenvalue weighted by atomic mass is 9.85. The smallest absolute Gasteiger partial charge is 0.0749 e. The molecule has 1 heteroatoms. The van der Waals surface area contributed by atoms with Crippen molar-refractivity contribution in [1.82, 2.24) is 0 Å². The molecule has 0 unspecified atom stereocenters. The molecule has 0 amide bonds. The van der Waals surface area contributed by atoms with E-state index < -0.39 is 0 Å². The number of rotatable bonds is 5. The van der Waals surface area contributed by atoms with E-state index in [1.54, 1.807) is 0 Å². The topological polar surface area (TPSA) is 20.2 Å². The molecule has 1 N–H and O–H groups in total. The predicted molar refractivity (Wildman–Crippen MR) is 61.2 cm³/mol. The average Bonchev–Trinajstić information content (AvgIpc) is 2.25. The van der Waals surface area contributed by atoms with Crippen molar-refractivity contribution >= 4 is 0 Å². The highest BCUT2D eigenvalue weighted by Gasteiger charge is 2.18. The van der Waals surface area contributed by atoms with Crippen LogP contribution in [0.5, 0.6) is 0 Å². The lowest BCUT2D eigenvalue weighted by Crippen LogP contribution is -2.20. The molecule has 1 saturated carbocycles. The number of aliphatic hydroxyl groups is 1. The van der Waals surface area contributed by atoms with Crippen LogP contribution in [0.2, 0.25) is 0 Å². The summed E-state index contributed by atoms with van der Waals surface area (Å²) in [6.07, 6.45) is 14.0. The van der Waals surface area contributed by atoms with Gasteiger partial charge < -0.3 is 5.11 Å². The number of unbranched alkanes of at least 4 members (excludes halogenated alkanes) is 2. The minimum Gasteiger partial charge on any atom is -0.389 e. The fourth-order valence-electron chi connectivity index (χ4n) is 2.19. The zero-order valence-corrected chi connectivity index (χ0v) is 9.41. The van der Waals surface area contributed by atoms with Crippen molar-refractivity contribution in [2.75, 3.05) is 0 Å². The summed E-state index contributed by atoms with van der Waals surface area (Å²) < 4.78 is 0. The van der Waals surface area contributed by atoms with Crippen molar-refractivity contribution in [2.24, 2.45) is 5.92 Å². The van der Waals surface area contributed by atoms with E-state index in [0.29, 0.717) is 5.92 Å². The summed E-state index contributed by atoms with van der Waals surface area (Å²) in [5.74, 6) is 0.543. The Hall–Kier alpha value is -0.300. The Morgan fingerprint density at radius 1 is 1.29 bits per heavy atom. The quantitative estimate of drug-likeness (QED) is 0.525. The van der Waals surface area contributed by atoms with Gasteiger partial charge in [0.25, 0.3) is 0 Å². The first-order valence-electron chi connectivity index (χ1n) is 6.19. The maximum absolute atomic E-state index is 9.89. The van der Waals surface area contributed by atoms with Gasteiger partial charge in [0.2, 0.25) is 0 Å². The number of hydrogen-bond acceptors (Lipinski definition) is 1. The van der Waals surface area contributed by atoms with Crippen LogP contribution in [0.4, 0.5) is 0 Å². The van der Waals surface area contributed by atoms with Crippen LogP contribution in [0.15, 0.2) is 12.2 Å². The Balaban J connectivity index is 2.18. The molecule has 1 nitrogen and oxygen atoms in total. The van der Waals surface area contributed by atoms with Crippen LogP contribution >= 0.6 is 0 Å². The van der Waals surface area contributed by atoms with E-state index in [4.69, 9.17) is 0 Å². The van der Waals surface area contributed by atoms with Gasteiger partial charge >= 0.3 is 0 Å². The highest BCUT2D eigenvalue weighted by atomic mass is 16.3. The summed E-state index contributed by atoms with van der Waals surface area (Å²) in [6.45, 7) is 2.20. The molecule has 0 aromatic heterocycles. The first-order chi connectivity index (χ1) is 6.84. The van der Waals surface area contributed by atoms with E-state index in [2.05, 4.69) is 13.0 Å². The van der Waals surface area contributed by atoms with Crippen molar-refractivity contribution in [1.29, 1.82) is 0 Å². The monoisotopic (exact) mass is 196 g/mol. The molecule has 0 heterocycles. The lowest BCUT2D eigenvalue weighted by molar-refractivity contribution is 0.125. The second kappa shape index (κ2) is 7.05. The molecular weight excluding hydrogens is 172 g/mol. The molecule has 0 saturated heterocycles. The van der Waals surface area contributed by atoms with Gasteiger partial charge in [-0.3, -0.25) is 0 Å². The van der Waals surface area contributed by atoms with E-state index in [9.17, 15) is 5.11 Å². The van der Waals surface area contributed by atoms with Crippen LogP contribution in [-0.2, 0) is 0 Å². The van der Waals surface area contributed by atoms with Gasteiger partial charge in [-0.15, -0.1) is 0 Å². The fraction of sp³-hybridized carbons (Fsp3) is 0.846. The van der Waals surface area contributed by atoms with Crippen molar-refractivity contribution in [3.05, 3.63) is 12.2 Å². The molecule has 0 spiro atoms. The second-order valence-electron chi connectivity index (χ2n) is 4.46. The zero-order valence-electron chi connectivity index (χ0n) is 9.41. The number of aliphatic hydroxyl groups excluding tert-OH is 1. The second-order valence-corrected chi connectivity index (χ2v) is 4.46. The lowest BCUT2D eigenvalue weighted by Gasteiger charge is -2.24. The van der Waals surface area contributed by atoms with E-state index >= 15 is 0 Å². The summed E-state index contributed by atoms with van der Waals surface area (Å²) in [4.78, 5) is 0. The van der Waals surface area contributed by atoms with Crippen LogP contribution in [0.1, 0.15) is 58.3 Å². The van der Waals surface area contributed by atoms with Gasteiger partial charge in [-0.25, -0.2) is 0 Å². The van der Waals surface area contributed by atoms with E-state index in [1.165, 1.54) is 44.9 Å². The van der Waals surface area contributed by atoms with E-state index in [1.807, 2.05) is 6.08 Å². The SMILES string of the molecule is CCCC/C=C/[C@H](O)C1CCCCC1. The minimum atomic E-state index is -0.174. The summed E-state index contributed by atoms with van der Waals surface area (Å²) in [5.41, 5.74) is 0. The van der Waals surface area contributed by atoms with Crippen LogP contribution in [0, 0.1) is 5.92 Å². The van der Waals surface area contributed by atoms with Crippen molar-refractivity contribution in [3.8, 4) is 0 Å². The Morgan fingerprint density at radius 2 is 2.00 bits per heavy atom. The molecule has 0 radical (unpaired) electrons. The van der Waals surface area contributed by atoms with Gasteiger partial charge in [-0.2, -0.15) is 0 Å². The molecule has 0 bridgehead atoms. The first kappa shape index (κ1) is 11.8. The van der Waals surface area contributed by atoms with Crippen molar-refractivity contribution < 1.29 is 5.11 Å². The summed E-state index contributed by atoms with van der Waals surface area (Å²) >= 11 is 0. The van der Waals surface area contributed by atoms with Crippen molar-refractivity contribution in [3.63, 3.8) is 0 Å². The maximum atomic E-state index is 9.89. The van der Waals surface area contributed by atoms with Gasteiger partial charge in [-0.05, 0) is 25.2 Å². The maximum Gasteiger partial charge on any atom is 0.0749 e. The largest absolute Gasteiger partial charge is 0.389 e. The first-order valence-corrected chi connectivity index (χ1v) is 6.19. The third-order valence-corrected chi connectivity index (χ3v) is 3.19. The Bertz CT molecular complexity index is 157. The van der Waals surface area contributed by atoms with Crippen LogP contribution in [-0.4, -0.2) is 11.2 Å². The highest BCUT2D eigenvalue weighted by Crippen LogP contribution is 2.26. The molecule has 0 aromatic rings. The normalized spacial score (nSPS) is 21.6. The molecule has 1 aliphatic rings. The van der Waals surface area contributed by atoms with E-state index in [-0.39, 0.29) is 6.10 Å². The molecule has 1 atom stereocenters. The van der Waals surface area contributed by atoms with Crippen LogP contribution in [0.3, 0.4) is 0 Å². The molecule has 82 valence electrons. The molecule has 1 fully saturated rings. The van der Waals surface area contributed by atoms with E-state index in [0.717, 1.165) is 6.42 Å². The average molecular weight is 196 g/mol.